The third-order valence-electron chi connectivity index (χ3n) is 4.48. The normalized spacial score (nSPS) is 11.1. The lowest BCUT2D eigenvalue weighted by Crippen LogP contribution is -2.31. The number of amides is 1. The SMILES string of the molecule is Cc1nc(-c2ccccc2)sc1-c1ccc(=O)n(CCNC(=O)/C=C/c2ccco2)n1. The second-order valence-corrected chi connectivity index (χ2v) is 7.72. The van der Waals surface area contributed by atoms with E-state index < -0.39 is 0 Å². The molecule has 3 aromatic heterocycles. The van der Waals surface area contributed by atoms with Gasteiger partial charge >= 0.3 is 0 Å². The Labute approximate surface area is 182 Å². The van der Waals surface area contributed by atoms with Gasteiger partial charge in [0.1, 0.15) is 16.5 Å². The molecule has 1 amide bonds. The fourth-order valence-corrected chi connectivity index (χ4v) is 3.99. The van der Waals surface area contributed by atoms with Crippen molar-refractivity contribution in [3.05, 3.63) is 88.7 Å². The highest BCUT2D eigenvalue weighted by Gasteiger charge is 2.13. The molecule has 0 aliphatic heterocycles. The van der Waals surface area contributed by atoms with Crippen molar-refractivity contribution >= 4 is 23.3 Å². The average Bonchev–Trinajstić information content (AvgIpc) is 3.44. The molecule has 0 radical (unpaired) electrons. The number of aromatic nitrogens is 3. The van der Waals surface area contributed by atoms with E-state index in [2.05, 4.69) is 15.4 Å². The van der Waals surface area contributed by atoms with Gasteiger partial charge in [-0.15, -0.1) is 11.3 Å². The molecule has 31 heavy (non-hydrogen) atoms. The highest BCUT2D eigenvalue weighted by molar-refractivity contribution is 7.18. The lowest BCUT2D eigenvalue weighted by atomic mass is 10.2. The molecule has 7 nitrogen and oxygen atoms in total. The first-order chi connectivity index (χ1) is 15.1. The zero-order valence-electron chi connectivity index (χ0n) is 16.8. The van der Waals surface area contributed by atoms with Crippen LogP contribution >= 0.6 is 11.3 Å². The Morgan fingerprint density at radius 2 is 2.00 bits per heavy atom. The molecule has 0 unspecified atom stereocenters. The summed E-state index contributed by atoms with van der Waals surface area (Å²) < 4.78 is 6.50. The van der Waals surface area contributed by atoms with Crippen LogP contribution in [0.5, 0.6) is 0 Å². The van der Waals surface area contributed by atoms with Crippen LogP contribution in [0.3, 0.4) is 0 Å². The number of hydrogen-bond donors (Lipinski definition) is 1. The summed E-state index contributed by atoms with van der Waals surface area (Å²) >= 11 is 1.54. The Morgan fingerprint density at radius 3 is 2.77 bits per heavy atom. The molecule has 1 aromatic carbocycles. The summed E-state index contributed by atoms with van der Waals surface area (Å²) in [7, 11) is 0. The molecular weight excluding hydrogens is 412 g/mol. The smallest absolute Gasteiger partial charge is 0.266 e. The lowest BCUT2D eigenvalue weighted by Gasteiger charge is -2.07. The summed E-state index contributed by atoms with van der Waals surface area (Å²) in [4.78, 5) is 29.7. The first-order valence-corrected chi connectivity index (χ1v) is 10.5. The van der Waals surface area contributed by atoms with Crippen LogP contribution in [0.4, 0.5) is 0 Å². The molecule has 4 aromatic rings. The monoisotopic (exact) mass is 432 g/mol. The topological polar surface area (TPSA) is 90.0 Å². The predicted octanol–water partition coefficient (Wildman–Crippen LogP) is 3.76. The van der Waals surface area contributed by atoms with Gasteiger partial charge in [0, 0.05) is 24.3 Å². The number of rotatable bonds is 7. The zero-order chi connectivity index (χ0) is 21.6. The van der Waals surface area contributed by atoms with E-state index in [9.17, 15) is 9.59 Å². The van der Waals surface area contributed by atoms with Gasteiger partial charge in [-0.05, 0) is 31.2 Å². The molecule has 156 valence electrons. The Bertz CT molecular complexity index is 1260. The van der Waals surface area contributed by atoms with Gasteiger partial charge in [-0.3, -0.25) is 9.59 Å². The van der Waals surface area contributed by atoms with E-state index in [-0.39, 0.29) is 24.6 Å². The molecular formula is C23H20N4O3S. The van der Waals surface area contributed by atoms with Gasteiger partial charge in [0.15, 0.2) is 0 Å². The van der Waals surface area contributed by atoms with E-state index in [0.29, 0.717) is 11.5 Å². The number of nitrogens with one attached hydrogen (secondary N) is 1. The zero-order valence-corrected chi connectivity index (χ0v) is 17.6. The van der Waals surface area contributed by atoms with Crippen LogP contribution in [-0.2, 0) is 11.3 Å². The molecule has 0 saturated heterocycles. The molecule has 0 aliphatic carbocycles. The van der Waals surface area contributed by atoms with Gasteiger partial charge in [-0.25, -0.2) is 9.67 Å². The largest absolute Gasteiger partial charge is 0.465 e. The Hall–Kier alpha value is -3.78. The maximum atomic E-state index is 12.2. The van der Waals surface area contributed by atoms with Gasteiger partial charge in [0.2, 0.25) is 5.91 Å². The molecule has 8 heteroatoms. The minimum Gasteiger partial charge on any atom is -0.465 e. The van der Waals surface area contributed by atoms with Gasteiger partial charge < -0.3 is 9.73 Å². The van der Waals surface area contributed by atoms with E-state index in [1.807, 2.05) is 37.3 Å². The van der Waals surface area contributed by atoms with Crippen molar-refractivity contribution in [3.63, 3.8) is 0 Å². The van der Waals surface area contributed by atoms with Crippen molar-refractivity contribution < 1.29 is 9.21 Å². The second-order valence-electron chi connectivity index (χ2n) is 6.72. The lowest BCUT2D eigenvalue weighted by molar-refractivity contribution is -0.116. The van der Waals surface area contributed by atoms with Crippen molar-refractivity contribution in [3.8, 4) is 21.1 Å². The number of aryl methyl sites for hydroxylation is 1. The van der Waals surface area contributed by atoms with Gasteiger partial charge in [0.25, 0.3) is 5.56 Å². The number of carbonyl (C=O) groups is 1. The van der Waals surface area contributed by atoms with E-state index in [4.69, 9.17) is 4.42 Å². The Morgan fingerprint density at radius 1 is 1.16 bits per heavy atom. The van der Waals surface area contributed by atoms with Crippen LogP contribution in [0.2, 0.25) is 0 Å². The van der Waals surface area contributed by atoms with E-state index >= 15 is 0 Å². The predicted molar refractivity (Wildman–Crippen MR) is 121 cm³/mol. The summed E-state index contributed by atoms with van der Waals surface area (Å²) in [5, 5.41) is 8.13. The van der Waals surface area contributed by atoms with E-state index in [1.165, 1.54) is 34.4 Å². The summed E-state index contributed by atoms with van der Waals surface area (Å²) in [5.41, 5.74) is 2.36. The van der Waals surface area contributed by atoms with Gasteiger partial charge in [-0.1, -0.05) is 30.3 Å². The summed E-state index contributed by atoms with van der Waals surface area (Å²) in [5.74, 6) is 0.321. The number of furan rings is 1. The third-order valence-corrected chi connectivity index (χ3v) is 5.71. The minimum atomic E-state index is -0.272. The second kappa shape index (κ2) is 9.36. The average molecular weight is 433 g/mol. The van der Waals surface area contributed by atoms with E-state index in [1.54, 1.807) is 24.3 Å². The summed E-state index contributed by atoms with van der Waals surface area (Å²) in [6.45, 7) is 2.46. The fourth-order valence-electron chi connectivity index (χ4n) is 2.96. The molecule has 0 fully saturated rings. The van der Waals surface area contributed by atoms with Gasteiger partial charge in [0.05, 0.1) is 23.4 Å². The fraction of sp³-hybridized carbons (Fsp3) is 0.130. The molecule has 0 bridgehead atoms. The number of thiazole rings is 1. The quantitative estimate of drug-likeness (QED) is 0.449. The maximum absolute atomic E-state index is 12.2. The van der Waals surface area contributed by atoms with Crippen molar-refractivity contribution in [2.75, 3.05) is 6.54 Å². The van der Waals surface area contributed by atoms with Crippen LogP contribution in [0, 0.1) is 6.92 Å². The molecule has 4 rings (SSSR count). The molecule has 1 N–H and O–H groups in total. The number of carbonyl (C=O) groups excluding carboxylic acids is 1. The Balaban J connectivity index is 1.45. The first kappa shape index (κ1) is 20.5. The number of benzene rings is 1. The number of nitrogens with zero attached hydrogens (tertiary/aromatic N) is 3. The number of hydrogen-bond acceptors (Lipinski definition) is 6. The first-order valence-electron chi connectivity index (χ1n) is 9.71. The summed E-state index contributed by atoms with van der Waals surface area (Å²) in [6.07, 6.45) is 4.50. The molecule has 0 saturated carbocycles. The minimum absolute atomic E-state index is 0.227. The van der Waals surface area contributed by atoms with Crippen LogP contribution in [-0.4, -0.2) is 27.2 Å². The molecule has 0 aliphatic rings. The molecule has 3 heterocycles. The third kappa shape index (κ3) is 5.04. The Kier molecular flexibility index (Phi) is 6.18. The highest BCUT2D eigenvalue weighted by atomic mass is 32.1. The highest BCUT2D eigenvalue weighted by Crippen LogP contribution is 2.33. The van der Waals surface area contributed by atoms with Crippen LogP contribution < -0.4 is 10.9 Å². The van der Waals surface area contributed by atoms with Crippen molar-refractivity contribution in [2.24, 2.45) is 0 Å². The van der Waals surface area contributed by atoms with Gasteiger partial charge in [-0.2, -0.15) is 5.10 Å². The summed E-state index contributed by atoms with van der Waals surface area (Å²) in [6, 6.07) is 16.6. The van der Waals surface area contributed by atoms with Crippen LogP contribution in [0.25, 0.3) is 27.2 Å². The molecule has 0 spiro atoms. The molecule has 0 atom stereocenters. The van der Waals surface area contributed by atoms with Crippen LogP contribution in [0.15, 0.2) is 76.1 Å². The maximum Gasteiger partial charge on any atom is 0.266 e. The van der Waals surface area contributed by atoms with Crippen molar-refractivity contribution in [1.29, 1.82) is 0 Å². The standard InChI is InChI=1S/C23H20N4O3S/c1-16-22(31-23(25-16)17-6-3-2-4-7-17)19-10-12-21(29)27(26-19)14-13-24-20(28)11-9-18-8-5-15-30-18/h2-12,15H,13-14H2,1H3,(H,24,28)/b11-9+. The van der Waals surface area contributed by atoms with Crippen LogP contribution in [0.1, 0.15) is 11.5 Å². The van der Waals surface area contributed by atoms with Crippen molar-refractivity contribution in [1.82, 2.24) is 20.1 Å². The van der Waals surface area contributed by atoms with Crippen molar-refractivity contribution in [2.45, 2.75) is 13.5 Å². The van der Waals surface area contributed by atoms with E-state index in [0.717, 1.165) is 21.1 Å².